The molecule has 2 N–H and O–H groups in total. The summed E-state index contributed by atoms with van der Waals surface area (Å²) in [4.78, 5) is 11.2. The molecular weight excluding hydrogens is 256 g/mol. The number of rotatable bonds is 5. The highest BCUT2D eigenvalue weighted by Gasteiger charge is 2.27. The Morgan fingerprint density at radius 3 is 3.00 bits per heavy atom. The molecule has 6 nitrogen and oxygen atoms in total. The molecular formula is C14H24N4O2. The maximum absolute atomic E-state index is 5.70. The first-order valence-corrected chi connectivity index (χ1v) is 7.20. The summed E-state index contributed by atoms with van der Waals surface area (Å²) in [5.74, 6) is 1.34. The van der Waals surface area contributed by atoms with Crippen LogP contribution < -0.4 is 15.4 Å². The van der Waals surface area contributed by atoms with Gasteiger partial charge in [0.05, 0.1) is 25.4 Å². The molecule has 0 aromatic carbocycles. The van der Waals surface area contributed by atoms with Gasteiger partial charge in [-0.3, -0.25) is 0 Å². The van der Waals surface area contributed by atoms with Crippen LogP contribution >= 0.6 is 0 Å². The van der Waals surface area contributed by atoms with Crippen LogP contribution in [0.1, 0.15) is 26.0 Å². The van der Waals surface area contributed by atoms with Crippen LogP contribution in [0, 0.1) is 6.92 Å². The van der Waals surface area contributed by atoms with Crippen molar-refractivity contribution in [2.75, 3.05) is 31.2 Å². The van der Waals surface area contributed by atoms with Crippen LogP contribution in [0.3, 0.4) is 0 Å². The molecule has 0 spiro atoms. The molecule has 2 heterocycles. The second-order valence-corrected chi connectivity index (χ2v) is 5.19. The number of aryl methyl sites for hydroxylation is 1. The molecule has 1 fully saturated rings. The highest BCUT2D eigenvalue weighted by Crippen LogP contribution is 2.21. The van der Waals surface area contributed by atoms with Gasteiger partial charge in [-0.05, 0) is 20.3 Å². The van der Waals surface area contributed by atoms with Crippen molar-refractivity contribution in [1.82, 2.24) is 9.97 Å². The molecule has 6 heteroatoms. The van der Waals surface area contributed by atoms with Crippen molar-refractivity contribution in [3.63, 3.8) is 0 Å². The van der Waals surface area contributed by atoms with Crippen LogP contribution in [-0.2, 0) is 4.74 Å². The third-order valence-corrected chi connectivity index (χ3v) is 3.30. The molecule has 2 atom stereocenters. The van der Waals surface area contributed by atoms with E-state index in [2.05, 4.69) is 28.7 Å². The Morgan fingerprint density at radius 1 is 1.50 bits per heavy atom. The Hall–Kier alpha value is -1.40. The van der Waals surface area contributed by atoms with Gasteiger partial charge in [0.25, 0.3) is 0 Å². The number of morpholine rings is 1. The summed E-state index contributed by atoms with van der Waals surface area (Å²) in [6.45, 7) is 8.66. The molecule has 1 aromatic heterocycles. The average Bonchev–Trinajstić information content (AvgIpc) is 2.45. The summed E-state index contributed by atoms with van der Waals surface area (Å²) in [7, 11) is 0. The van der Waals surface area contributed by atoms with Crippen LogP contribution in [0.4, 0.5) is 5.95 Å². The van der Waals surface area contributed by atoms with Crippen LogP contribution in [0.5, 0.6) is 5.88 Å². The molecule has 0 amide bonds. The highest BCUT2D eigenvalue weighted by molar-refractivity contribution is 5.36. The predicted octanol–water partition coefficient (Wildman–Crippen LogP) is 1.13. The quantitative estimate of drug-likeness (QED) is 0.871. The Balaban J connectivity index is 2.19. The monoisotopic (exact) mass is 280 g/mol. The van der Waals surface area contributed by atoms with E-state index in [0.29, 0.717) is 38.1 Å². The standard InChI is InChI=1S/C14H24N4O2/c1-4-5-19-13-6-10(2)16-14(17-13)18-8-12(7-15)20-9-11(18)3/h6,11-12H,4-5,7-9,15H2,1-3H3. The Labute approximate surface area is 120 Å². The van der Waals surface area contributed by atoms with Crippen molar-refractivity contribution in [3.05, 3.63) is 11.8 Å². The minimum Gasteiger partial charge on any atom is -0.478 e. The van der Waals surface area contributed by atoms with E-state index in [0.717, 1.165) is 12.1 Å². The lowest BCUT2D eigenvalue weighted by Crippen LogP contribution is -2.51. The van der Waals surface area contributed by atoms with Gasteiger partial charge in [-0.25, -0.2) is 4.98 Å². The van der Waals surface area contributed by atoms with Gasteiger partial charge in [-0.2, -0.15) is 4.98 Å². The van der Waals surface area contributed by atoms with Gasteiger partial charge in [0.15, 0.2) is 0 Å². The average molecular weight is 280 g/mol. The molecule has 0 saturated carbocycles. The molecule has 1 aromatic rings. The van der Waals surface area contributed by atoms with E-state index in [9.17, 15) is 0 Å². The van der Waals surface area contributed by atoms with Gasteiger partial charge in [0.1, 0.15) is 0 Å². The molecule has 0 bridgehead atoms. The molecule has 1 saturated heterocycles. The lowest BCUT2D eigenvalue weighted by Gasteiger charge is -2.37. The van der Waals surface area contributed by atoms with E-state index >= 15 is 0 Å². The molecule has 2 rings (SSSR count). The zero-order valence-electron chi connectivity index (χ0n) is 12.5. The topological polar surface area (TPSA) is 73.5 Å². The molecule has 2 unspecified atom stereocenters. The zero-order chi connectivity index (χ0) is 14.5. The van der Waals surface area contributed by atoms with E-state index in [4.69, 9.17) is 15.2 Å². The Morgan fingerprint density at radius 2 is 2.30 bits per heavy atom. The fourth-order valence-electron chi connectivity index (χ4n) is 2.17. The largest absolute Gasteiger partial charge is 0.478 e. The first-order valence-electron chi connectivity index (χ1n) is 7.20. The number of ether oxygens (including phenoxy) is 2. The van der Waals surface area contributed by atoms with E-state index in [-0.39, 0.29) is 12.1 Å². The summed E-state index contributed by atoms with van der Waals surface area (Å²) < 4.78 is 11.3. The molecule has 20 heavy (non-hydrogen) atoms. The van der Waals surface area contributed by atoms with Crippen LogP contribution in [0.2, 0.25) is 0 Å². The number of hydrogen-bond acceptors (Lipinski definition) is 6. The predicted molar refractivity (Wildman–Crippen MR) is 78.2 cm³/mol. The minimum absolute atomic E-state index is 0.0373. The van der Waals surface area contributed by atoms with Gasteiger partial charge in [0, 0.05) is 24.8 Å². The number of hydrogen-bond donors (Lipinski definition) is 1. The second-order valence-electron chi connectivity index (χ2n) is 5.19. The minimum atomic E-state index is 0.0373. The first-order chi connectivity index (χ1) is 9.63. The lowest BCUT2D eigenvalue weighted by molar-refractivity contribution is 0.0276. The molecule has 112 valence electrons. The number of anilines is 1. The van der Waals surface area contributed by atoms with E-state index < -0.39 is 0 Å². The van der Waals surface area contributed by atoms with Crippen LogP contribution in [0.15, 0.2) is 6.07 Å². The highest BCUT2D eigenvalue weighted by atomic mass is 16.5. The SMILES string of the molecule is CCCOc1cc(C)nc(N2CC(CN)OCC2C)n1. The van der Waals surface area contributed by atoms with Crippen LogP contribution in [-0.4, -0.2) is 48.4 Å². The zero-order valence-corrected chi connectivity index (χ0v) is 12.5. The summed E-state index contributed by atoms with van der Waals surface area (Å²) in [5, 5.41) is 0. The van der Waals surface area contributed by atoms with Gasteiger partial charge in [-0.1, -0.05) is 6.92 Å². The van der Waals surface area contributed by atoms with Crippen LogP contribution in [0.25, 0.3) is 0 Å². The molecule has 0 aliphatic carbocycles. The number of aromatic nitrogens is 2. The maximum atomic E-state index is 5.70. The normalized spacial score (nSPS) is 22.9. The van der Waals surface area contributed by atoms with Gasteiger partial charge in [0.2, 0.25) is 11.8 Å². The Kier molecular flexibility index (Phi) is 5.14. The maximum Gasteiger partial charge on any atom is 0.229 e. The van der Waals surface area contributed by atoms with E-state index in [1.54, 1.807) is 0 Å². The molecule has 1 aliphatic rings. The van der Waals surface area contributed by atoms with Gasteiger partial charge in [-0.15, -0.1) is 0 Å². The molecule has 0 radical (unpaired) electrons. The van der Waals surface area contributed by atoms with E-state index in [1.807, 2.05) is 13.0 Å². The van der Waals surface area contributed by atoms with Crippen molar-refractivity contribution in [1.29, 1.82) is 0 Å². The van der Waals surface area contributed by atoms with Gasteiger partial charge >= 0.3 is 0 Å². The smallest absolute Gasteiger partial charge is 0.229 e. The van der Waals surface area contributed by atoms with Crippen molar-refractivity contribution >= 4 is 5.95 Å². The fraction of sp³-hybridized carbons (Fsp3) is 0.714. The van der Waals surface area contributed by atoms with Crippen molar-refractivity contribution < 1.29 is 9.47 Å². The summed E-state index contributed by atoms with van der Waals surface area (Å²) >= 11 is 0. The first kappa shape index (κ1) is 15.0. The summed E-state index contributed by atoms with van der Waals surface area (Å²) in [6, 6.07) is 2.10. The third kappa shape index (κ3) is 3.58. The third-order valence-electron chi connectivity index (χ3n) is 3.30. The van der Waals surface area contributed by atoms with Crippen molar-refractivity contribution in [2.45, 2.75) is 39.3 Å². The Bertz CT molecular complexity index is 441. The fourth-order valence-corrected chi connectivity index (χ4v) is 2.17. The van der Waals surface area contributed by atoms with Crippen molar-refractivity contribution in [3.8, 4) is 5.88 Å². The van der Waals surface area contributed by atoms with Gasteiger partial charge < -0.3 is 20.1 Å². The number of nitrogens with zero attached hydrogens (tertiary/aromatic N) is 3. The van der Waals surface area contributed by atoms with E-state index in [1.165, 1.54) is 0 Å². The molecule has 1 aliphatic heterocycles. The number of nitrogens with two attached hydrogens (primary N) is 1. The summed E-state index contributed by atoms with van der Waals surface area (Å²) in [5.41, 5.74) is 6.60. The summed E-state index contributed by atoms with van der Waals surface area (Å²) in [6.07, 6.45) is 0.997. The lowest BCUT2D eigenvalue weighted by atomic mass is 10.2. The second kappa shape index (κ2) is 6.85. The van der Waals surface area contributed by atoms with Crippen molar-refractivity contribution in [2.24, 2.45) is 5.73 Å².